The van der Waals surface area contributed by atoms with Crippen molar-refractivity contribution >= 4 is 40.1 Å². The fourth-order valence-electron chi connectivity index (χ4n) is 4.18. The van der Waals surface area contributed by atoms with Crippen LogP contribution in [0.15, 0.2) is 56.5 Å². The van der Waals surface area contributed by atoms with E-state index in [1.165, 1.54) is 6.07 Å². The van der Waals surface area contributed by atoms with Crippen LogP contribution >= 0.6 is 11.6 Å². The summed E-state index contributed by atoms with van der Waals surface area (Å²) >= 11 is 6.21. The number of hydrogen-bond acceptors (Lipinski definition) is 5. The largest absolute Gasteiger partial charge is 0.419 e. The van der Waals surface area contributed by atoms with Crippen LogP contribution in [0.3, 0.4) is 0 Å². The molecule has 0 fully saturated rings. The summed E-state index contributed by atoms with van der Waals surface area (Å²) in [6.45, 7) is 0. The van der Waals surface area contributed by atoms with Gasteiger partial charge in [0.15, 0.2) is 5.58 Å². The Morgan fingerprint density at radius 2 is 1.74 bits per heavy atom. The van der Waals surface area contributed by atoms with E-state index in [-0.39, 0.29) is 38.9 Å². The standard InChI is InChI=1S/C24H11ClF5N3O5/c25-14-2-1-10(26)6-12(14)18-16-15(31-20(34)8-3-9(24(28,29)30)5-11(27)4-8)7-13-19(17(16)22(36)32-18)38-23(37)33-21(13)35/h1-7,18H,(H,31,34)(H,32,36)(H,33,35,37). The molecule has 8 nitrogen and oxygen atoms in total. The van der Waals surface area contributed by atoms with Gasteiger partial charge >= 0.3 is 11.9 Å². The second kappa shape index (κ2) is 8.80. The third-order valence-corrected chi connectivity index (χ3v) is 6.11. The molecule has 14 heteroatoms. The average molecular weight is 552 g/mol. The van der Waals surface area contributed by atoms with Crippen LogP contribution in [0.1, 0.15) is 43.4 Å². The second-order valence-corrected chi connectivity index (χ2v) is 8.59. The third-order valence-electron chi connectivity index (χ3n) is 5.77. The van der Waals surface area contributed by atoms with Crippen molar-refractivity contribution in [1.82, 2.24) is 10.3 Å². The molecule has 3 aromatic carbocycles. The number of H-pyrrole nitrogens is 1. The first-order valence-corrected chi connectivity index (χ1v) is 10.9. The lowest BCUT2D eigenvalue weighted by Crippen LogP contribution is -2.21. The Bertz CT molecular complexity index is 1800. The predicted octanol–water partition coefficient (Wildman–Crippen LogP) is 4.52. The average Bonchev–Trinajstić information content (AvgIpc) is 3.18. The van der Waals surface area contributed by atoms with Crippen LogP contribution in [0.2, 0.25) is 5.02 Å². The fourth-order valence-corrected chi connectivity index (χ4v) is 4.41. The van der Waals surface area contributed by atoms with Crippen LogP contribution in [-0.2, 0) is 6.18 Å². The van der Waals surface area contributed by atoms with Gasteiger partial charge in [0.2, 0.25) is 0 Å². The normalized spacial score (nSPS) is 14.9. The van der Waals surface area contributed by atoms with Gasteiger partial charge < -0.3 is 15.1 Å². The summed E-state index contributed by atoms with van der Waals surface area (Å²) in [6, 6.07) is 4.18. The Labute approximate surface area is 212 Å². The number of carbonyl (C=O) groups is 2. The Balaban J connectivity index is 1.74. The number of benzene rings is 3. The van der Waals surface area contributed by atoms with E-state index >= 15 is 0 Å². The minimum Gasteiger partial charge on any atom is -0.408 e. The third kappa shape index (κ3) is 4.30. The Morgan fingerprint density at radius 3 is 2.45 bits per heavy atom. The number of rotatable bonds is 3. The van der Waals surface area contributed by atoms with Crippen LogP contribution in [0.4, 0.5) is 27.6 Å². The predicted molar refractivity (Wildman–Crippen MR) is 123 cm³/mol. The van der Waals surface area contributed by atoms with Gasteiger partial charge in [-0.25, -0.2) is 13.6 Å². The van der Waals surface area contributed by atoms with Gasteiger partial charge in [0, 0.05) is 27.4 Å². The summed E-state index contributed by atoms with van der Waals surface area (Å²) in [5.74, 6) is -5.38. The van der Waals surface area contributed by atoms with Gasteiger partial charge in [-0.15, -0.1) is 0 Å². The van der Waals surface area contributed by atoms with Crippen molar-refractivity contribution in [2.24, 2.45) is 0 Å². The number of fused-ring (bicyclic) bond motifs is 3. The first-order valence-electron chi connectivity index (χ1n) is 10.5. The summed E-state index contributed by atoms with van der Waals surface area (Å²) in [7, 11) is 0. The number of aromatic amines is 1. The second-order valence-electron chi connectivity index (χ2n) is 8.19. The van der Waals surface area contributed by atoms with Gasteiger partial charge in [0.05, 0.1) is 22.6 Å². The van der Waals surface area contributed by atoms with E-state index in [9.17, 15) is 41.1 Å². The van der Waals surface area contributed by atoms with Crippen molar-refractivity contribution in [2.45, 2.75) is 12.2 Å². The highest BCUT2D eigenvalue weighted by Gasteiger charge is 2.38. The number of aromatic nitrogens is 1. The van der Waals surface area contributed by atoms with E-state index < -0.39 is 63.7 Å². The van der Waals surface area contributed by atoms with Gasteiger partial charge in [-0.05, 0) is 42.5 Å². The maximum absolute atomic E-state index is 14.1. The molecule has 0 radical (unpaired) electrons. The highest BCUT2D eigenvalue weighted by Crippen LogP contribution is 2.42. The molecule has 38 heavy (non-hydrogen) atoms. The number of nitrogens with one attached hydrogen (secondary N) is 3. The minimum absolute atomic E-state index is 0.00534. The van der Waals surface area contributed by atoms with Crippen molar-refractivity contribution in [1.29, 1.82) is 0 Å². The molecule has 0 aliphatic carbocycles. The zero-order chi connectivity index (χ0) is 27.5. The quantitative estimate of drug-likeness (QED) is 0.323. The number of anilines is 1. The SMILES string of the molecule is O=C(Nc1cc2c(=O)[nH]c(=O)oc2c2c1C(c1cc(F)ccc1Cl)NC2=O)c1cc(F)cc(C(F)(F)F)c1. The lowest BCUT2D eigenvalue weighted by Gasteiger charge is -2.18. The summed E-state index contributed by atoms with van der Waals surface area (Å²) < 4.78 is 72.5. The molecule has 4 aromatic rings. The molecule has 1 unspecified atom stereocenters. The van der Waals surface area contributed by atoms with Crippen molar-refractivity contribution < 1.29 is 36.0 Å². The zero-order valence-corrected chi connectivity index (χ0v) is 19.2. The molecule has 2 amide bonds. The molecule has 1 aliphatic heterocycles. The van der Waals surface area contributed by atoms with Gasteiger partial charge in [-0.2, -0.15) is 13.2 Å². The molecule has 0 saturated heterocycles. The lowest BCUT2D eigenvalue weighted by atomic mass is 9.94. The van der Waals surface area contributed by atoms with Crippen LogP contribution in [0.5, 0.6) is 0 Å². The molecular formula is C24H11ClF5N3O5. The molecule has 1 aromatic heterocycles. The number of hydrogen-bond donors (Lipinski definition) is 3. The van der Waals surface area contributed by atoms with Gasteiger partial charge in [0.1, 0.15) is 11.6 Å². The maximum atomic E-state index is 14.1. The molecule has 0 saturated carbocycles. The van der Waals surface area contributed by atoms with E-state index in [1.807, 2.05) is 4.98 Å². The number of carbonyl (C=O) groups excluding carboxylic acids is 2. The van der Waals surface area contributed by atoms with E-state index in [1.54, 1.807) is 0 Å². The summed E-state index contributed by atoms with van der Waals surface area (Å²) in [6.07, 6.45) is -4.96. The molecule has 5 rings (SSSR count). The van der Waals surface area contributed by atoms with Crippen LogP contribution in [0, 0.1) is 11.6 Å². The lowest BCUT2D eigenvalue weighted by molar-refractivity contribution is -0.137. The van der Waals surface area contributed by atoms with Gasteiger partial charge in [-0.1, -0.05) is 11.6 Å². The minimum atomic E-state index is -4.96. The molecule has 0 bridgehead atoms. The Hall–Kier alpha value is -4.52. The highest BCUT2D eigenvalue weighted by molar-refractivity contribution is 6.31. The van der Waals surface area contributed by atoms with Crippen molar-refractivity contribution in [3.8, 4) is 0 Å². The topological polar surface area (TPSA) is 121 Å². The van der Waals surface area contributed by atoms with Crippen molar-refractivity contribution in [3.63, 3.8) is 0 Å². The zero-order valence-electron chi connectivity index (χ0n) is 18.4. The highest BCUT2D eigenvalue weighted by atomic mass is 35.5. The molecule has 1 aliphatic rings. The number of alkyl halides is 3. The van der Waals surface area contributed by atoms with E-state index in [0.29, 0.717) is 12.1 Å². The molecule has 2 heterocycles. The van der Waals surface area contributed by atoms with Crippen molar-refractivity contribution in [2.75, 3.05) is 5.32 Å². The molecule has 1 atom stereocenters. The molecule has 0 spiro atoms. The van der Waals surface area contributed by atoms with Crippen LogP contribution < -0.4 is 21.9 Å². The van der Waals surface area contributed by atoms with Crippen LogP contribution in [0.25, 0.3) is 11.0 Å². The van der Waals surface area contributed by atoms with E-state index in [2.05, 4.69) is 10.6 Å². The maximum Gasteiger partial charge on any atom is 0.419 e. The van der Waals surface area contributed by atoms with Gasteiger partial charge in [-0.3, -0.25) is 19.4 Å². The first-order chi connectivity index (χ1) is 17.8. The summed E-state index contributed by atoms with van der Waals surface area (Å²) in [5.41, 5.74) is -4.37. The van der Waals surface area contributed by atoms with Crippen molar-refractivity contribution in [3.05, 3.63) is 108 Å². The van der Waals surface area contributed by atoms with Gasteiger partial charge in [0.25, 0.3) is 17.4 Å². The first kappa shape index (κ1) is 25.1. The van der Waals surface area contributed by atoms with E-state index in [4.69, 9.17) is 16.0 Å². The molecular weight excluding hydrogens is 541 g/mol. The van der Waals surface area contributed by atoms with Crippen LogP contribution in [-0.4, -0.2) is 16.8 Å². The molecule has 194 valence electrons. The summed E-state index contributed by atoms with van der Waals surface area (Å²) in [4.78, 5) is 52.1. The monoisotopic (exact) mass is 551 g/mol. The Morgan fingerprint density at radius 1 is 1.00 bits per heavy atom. The summed E-state index contributed by atoms with van der Waals surface area (Å²) in [5, 5.41) is 4.41. The van der Waals surface area contributed by atoms with E-state index in [0.717, 1.165) is 18.2 Å². The fraction of sp³-hybridized carbons (Fsp3) is 0.0833. The number of amides is 2. The smallest absolute Gasteiger partial charge is 0.408 e. The number of halogens is 6. The molecule has 3 N–H and O–H groups in total. The Kier molecular flexibility index (Phi) is 5.82.